The van der Waals surface area contributed by atoms with Crippen LogP contribution in [-0.4, -0.2) is 52.1 Å². The predicted molar refractivity (Wildman–Crippen MR) is 109 cm³/mol. The quantitative estimate of drug-likeness (QED) is 0.728. The Labute approximate surface area is 174 Å². The number of ether oxygens (including phenoxy) is 1. The molecule has 1 fully saturated rings. The van der Waals surface area contributed by atoms with Crippen molar-refractivity contribution in [3.63, 3.8) is 0 Å². The molecule has 158 valence electrons. The maximum atomic E-state index is 13.2. The highest BCUT2D eigenvalue weighted by Gasteiger charge is 2.40. The van der Waals surface area contributed by atoms with Crippen LogP contribution >= 0.6 is 0 Å². The summed E-state index contributed by atoms with van der Waals surface area (Å²) in [5.74, 6) is -0.999. The highest BCUT2D eigenvalue weighted by molar-refractivity contribution is 5.94. The maximum Gasteiger partial charge on any atom is 0.338 e. The van der Waals surface area contributed by atoms with Crippen molar-refractivity contribution in [2.45, 2.75) is 38.7 Å². The second kappa shape index (κ2) is 8.30. The molecule has 1 aromatic heterocycles. The largest absolute Gasteiger partial charge is 0.457 e. The third-order valence-electron chi connectivity index (χ3n) is 5.99. The molecule has 1 saturated heterocycles. The molecule has 2 aliphatic rings. The van der Waals surface area contributed by atoms with Crippen LogP contribution in [0.2, 0.25) is 0 Å². The number of primary amides is 1. The van der Waals surface area contributed by atoms with E-state index in [2.05, 4.69) is 17.1 Å². The third-order valence-corrected chi connectivity index (χ3v) is 5.99. The Balaban J connectivity index is 1.51. The zero-order valence-corrected chi connectivity index (χ0v) is 17.0. The van der Waals surface area contributed by atoms with E-state index in [1.807, 2.05) is 6.07 Å². The van der Waals surface area contributed by atoms with Gasteiger partial charge in [0.25, 0.3) is 5.91 Å². The summed E-state index contributed by atoms with van der Waals surface area (Å²) in [6.07, 6.45) is 2.23. The van der Waals surface area contributed by atoms with Crippen molar-refractivity contribution < 1.29 is 19.1 Å². The average Bonchev–Trinajstić information content (AvgIpc) is 3.31. The summed E-state index contributed by atoms with van der Waals surface area (Å²) in [7, 11) is 0. The first-order valence-corrected chi connectivity index (χ1v) is 10.3. The predicted octanol–water partition coefficient (Wildman–Crippen LogP) is 1.71. The van der Waals surface area contributed by atoms with Gasteiger partial charge in [-0.15, -0.1) is 0 Å². The highest BCUT2D eigenvalue weighted by atomic mass is 16.5. The molecular formula is C22H26N4O4. The van der Waals surface area contributed by atoms with Gasteiger partial charge in [-0.25, -0.2) is 4.79 Å². The minimum Gasteiger partial charge on any atom is -0.457 e. The normalized spacial score (nSPS) is 23.1. The molecule has 3 atom stereocenters. The Kier molecular flexibility index (Phi) is 5.57. The van der Waals surface area contributed by atoms with E-state index >= 15 is 0 Å². The van der Waals surface area contributed by atoms with Crippen LogP contribution in [0, 0.1) is 11.8 Å². The number of nitrogens with zero attached hydrogens (tertiary/aromatic N) is 2. The first-order valence-electron chi connectivity index (χ1n) is 10.3. The number of carbonyl (C=O) groups is 3. The molecule has 30 heavy (non-hydrogen) atoms. The lowest BCUT2D eigenvalue weighted by atomic mass is 9.87. The molecule has 1 aliphatic heterocycles. The van der Waals surface area contributed by atoms with Crippen molar-refractivity contribution in [3.05, 3.63) is 52.8 Å². The number of hydrogen-bond donors (Lipinski definition) is 2. The Morgan fingerprint density at radius 2 is 2.00 bits per heavy atom. The average molecular weight is 410 g/mol. The Hall–Kier alpha value is -3.16. The summed E-state index contributed by atoms with van der Waals surface area (Å²) >= 11 is 0. The second-order valence-electron chi connectivity index (χ2n) is 8.33. The van der Waals surface area contributed by atoms with E-state index in [9.17, 15) is 14.4 Å². The molecule has 0 spiro atoms. The van der Waals surface area contributed by atoms with Crippen molar-refractivity contribution in [1.82, 2.24) is 15.1 Å². The van der Waals surface area contributed by atoms with Gasteiger partial charge in [0, 0.05) is 30.1 Å². The molecule has 2 aromatic rings. The highest BCUT2D eigenvalue weighted by Crippen LogP contribution is 2.30. The van der Waals surface area contributed by atoms with Gasteiger partial charge >= 0.3 is 5.97 Å². The molecule has 1 aromatic carbocycles. The van der Waals surface area contributed by atoms with Crippen LogP contribution in [0.4, 0.5) is 0 Å². The first kappa shape index (κ1) is 20.1. The smallest absolute Gasteiger partial charge is 0.338 e. The standard InChI is InChI=1S/C22H26N4O4/c1-13-7-8-17-16(9-13)20(25-24-17)21(28)26-11-15(10-19(23)27)18(12-26)30-22(29)14-5-3-2-4-6-14/h2-6,13,15,18H,7-12H2,1H3,(H2,23,27)(H,24,25)/t13?,15-,18+/m0/s1. The fraction of sp³-hybridized carbons (Fsp3) is 0.455. The van der Waals surface area contributed by atoms with Crippen LogP contribution in [0.5, 0.6) is 0 Å². The Bertz CT molecular complexity index is 955. The van der Waals surface area contributed by atoms with Crippen LogP contribution in [0.1, 0.15) is 51.9 Å². The molecule has 8 nitrogen and oxygen atoms in total. The summed E-state index contributed by atoms with van der Waals surface area (Å²) in [5, 5.41) is 7.28. The van der Waals surface area contributed by atoms with E-state index in [0.29, 0.717) is 23.7 Å². The van der Waals surface area contributed by atoms with E-state index in [0.717, 1.165) is 30.5 Å². The number of esters is 1. The van der Waals surface area contributed by atoms with Crippen molar-refractivity contribution in [2.75, 3.05) is 13.1 Å². The summed E-state index contributed by atoms with van der Waals surface area (Å²) in [4.78, 5) is 38.9. The molecule has 2 heterocycles. The summed E-state index contributed by atoms with van der Waals surface area (Å²) in [6.45, 7) is 2.68. The summed E-state index contributed by atoms with van der Waals surface area (Å²) in [6, 6.07) is 8.66. The van der Waals surface area contributed by atoms with E-state index in [4.69, 9.17) is 10.5 Å². The topological polar surface area (TPSA) is 118 Å². The van der Waals surface area contributed by atoms with Gasteiger partial charge in [-0.3, -0.25) is 14.7 Å². The lowest BCUT2D eigenvalue weighted by molar-refractivity contribution is -0.119. The van der Waals surface area contributed by atoms with Crippen molar-refractivity contribution in [3.8, 4) is 0 Å². The van der Waals surface area contributed by atoms with Gasteiger partial charge in [0.1, 0.15) is 6.10 Å². The van der Waals surface area contributed by atoms with Gasteiger partial charge in [0.15, 0.2) is 5.69 Å². The number of carbonyl (C=O) groups excluding carboxylic acids is 3. The zero-order valence-electron chi connectivity index (χ0n) is 17.0. The maximum absolute atomic E-state index is 13.2. The van der Waals surface area contributed by atoms with E-state index in [1.165, 1.54) is 0 Å². The number of amides is 2. The number of aryl methyl sites for hydroxylation is 1. The first-order chi connectivity index (χ1) is 14.4. The van der Waals surface area contributed by atoms with Gasteiger partial charge < -0.3 is 15.4 Å². The van der Waals surface area contributed by atoms with Crippen molar-refractivity contribution in [1.29, 1.82) is 0 Å². The van der Waals surface area contributed by atoms with Crippen molar-refractivity contribution in [2.24, 2.45) is 17.6 Å². The fourth-order valence-electron chi connectivity index (χ4n) is 4.37. The van der Waals surface area contributed by atoms with Gasteiger partial charge in [-0.05, 0) is 37.3 Å². The number of fused-ring (bicyclic) bond motifs is 1. The number of likely N-dealkylation sites (tertiary alicyclic amines) is 1. The van der Waals surface area contributed by atoms with Crippen LogP contribution < -0.4 is 5.73 Å². The Morgan fingerprint density at radius 3 is 2.73 bits per heavy atom. The molecule has 4 rings (SSSR count). The van der Waals surface area contributed by atoms with Gasteiger partial charge in [-0.2, -0.15) is 5.10 Å². The number of nitrogens with one attached hydrogen (secondary N) is 1. The number of aromatic amines is 1. The molecule has 2 amide bonds. The monoisotopic (exact) mass is 410 g/mol. The lowest BCUT2D eigenvalue weighted by Crippen LogP contribution is -2.32. The zero-order chi connectivity index (χ0) is 21.3. The van der Waals surface area contributed by atoms with E-state index in [1.54, 1.807) is 29.2 Å². The minimum absolute atomic E-state index is 0.0478. The van der Waals surface area contributed by atoms with E-state index < -0.39 is 18.0 Å². The van der Waals surface area contributed by atoms with Gasteiger partial charge in [-0.1, -0.05) is 25.1 Å². The van der Waals surface area contributed by atoms with Crippen LogP contribution in [0.25, 0.3) is 0 Å². The Morgan fingerprint density at radius 1 is 1.23 bits per heavy atom. The van der Waals surface area contributed by atoms with Gasteiger partial charge in [0.2, 0.25) is 5.91 Å². The molecule has 0 saturated carbocycles. The number of nitrogens with two attached hydrogens (primary N) is 1. The van der Waals surface area contributed by atoms with Crippen LogP contribution in [0.3, 0.4) is 0 Å². The molecular weight excluding hydrogens is 384 g/mol. The second-order valence-corrected chi connectivity index (χ2v) is 8.33. The number of H-pyrrole nitrogens is 1. The fourth-order valence-corrected chi connectivity index (χ4v) is 4.37. The molecule has 3 N–H and O–H groups in total. The summed E-state index contributed by atoms with van der Waals surface area (Å²) in [5.41, 5.74) is 8.27. The molecule has 1 unspecified atom stereocenters. The van der Waals surface area contributed by atoms with Gasteiger partial charge in [0.05, 0.1) is 12.1 Å². The SMILES string of the molecule is CC1CCc2[nH]nc(C(=O)N3C[C@H](CC(N)=O)[C@H](OC(=O)c4ccccc4)C3)c2C1. The van der Waals surface area contributed by atoms with Crippen LogP contribution in [-0.2, 0) is 22.4 Å². The van der Waals surface area contributed by atoms with E-state index in [-0.39, 0.29) is 24.8 Å². The van der Waals surface area contributed by atoms with Crippen molar-refractivity contribution >= 4 is 17.8 Å². The molecule has 0 radical (unpaired) electrons. The number of hydrogen-bond acceptors (Lipinski definition) is 5. The third kappa shape index (κ3) is 4.08. The number of rotatable bonds is 5. The molecule has 1 aliphatic carbocycles. The molecule has 8 heteroatoms. The lowest BCUT2D eigenvalue weighted by Gasteiger charge is -2.20. The summed E-state index contributed by atoms with van der Waals surface area (Å²) < 4.78 is 5.67. The minimum atomic E-state index is -0.595. The number of benzene rings is 1. The van der Waals surface area contributed by atoms with Crippen LogP contribution in [0.15, 0.2) is 30.3 Å². The number of aromatic nitrogens is 2. The molecule has 0 bridgehead atoms.